The van der Waals surface area contributed by atoms with Crippen LogP contribution in [0, 0.1) is 13.8 Å². The Hall–Kier alpha value is -0.940. The van der Waals surface area contributed by atoms with Crippen LogP contribution in [-0.4, -0.2) is 15.0 Å². The zero-order valence-corrected chi connectivity index (χ0v) is 11.3. The van der Waals surface area contributed by atoms with Gasteiger partial charge < -0.3 is 0 Å². The predicted octanol–water partition coefficient (Wildman–Crippen LogP) is 3.40. The van der Waals surface area contributed by atoms with E-state index >= 15 is 0 Å². The second-order valence-corrected chi connectivity index (χ2v) is 5.29. The Kier molecular flexibility index (Phi) is 3.56. The summed E-state index contributed by atoms with van der Waals surface area (Å²) in [7, 11) is 0. The predicted molar refractivity (Wildman–Crippen MR) is 67.6 cm³/mol. The molecule has 0 aliphatic carbocycles. The van der Waals surface area contributed by atoms with Crippen molar-refractivity contribution >= 4 is 27.7 Å². The van der Waals surface area contributed by atoms with Gasteiger partial charge in [-0.15, -0.1) is 0 Å². The lowest BCUT2D eigenvalue weighted by Crippen LogP contribution is -1.90. The van der Waals surface area contributed by atoms with E-state index in [1.807, 2.05) is 32.3 Å². The topological polar surface area (TPSA) is 38.7 Å². The van der Waals surface area contributed by atoms with Gasteiger partial charge in [-0.2, -0.15) is 0 Å². The zero-order valence-electron chi connectivity index (χ0n) is 8.94. The molecule has 0 aliphatic rings. The summed E-state index contributed by atoms with van der Waals surface area (Å²) in [5, 5.41) is 1.66. The van der Waals surface area contributed by atoms with Crippen LogP contribution in [0.25, 0.3) is 0 Å². The van der Waals surface area contributed by atoms with Crippen molar-refractivity contribution in [3.8, 4) is 0 Å². The molecule has 2 aromatic rings. The van der Waals surface area contributed by atoms with Crippen molar-refractivity contribution in [1.29, 1.82) is 0 Å². The molecule has 0 saturated heterocycles. The van der Waals surface area contributed by atoms with Gasteiger partial charge in [0.15, 0.2) is 5.16 Å². The third-order valence-electron chi connectivity index (χ3n) is 1.94. The third kappa shape index (κ3) is 2.80. The van der Waals surface area contributed by atoms with E-state index in [0.29, 0.717) is 0 Å². The molecule has 2 heterocycles. The van der Waals surface area contributed by atoms with Gasteiger partial charge in [0.2, 0.25) is 0 Å². The summed E-state index contributed by atoms with van der Waals surface area (Å²) in [6.07, 6.45) is 5.40. The normalized spacial score (nSPS) is 10.4. The first-order valence-electron chi connectivity index (χ1n) is 4.74. The zero-order chi connectivity index (χ0) is 11.5. The van der Waals surface area contributed by atoms with Crippen LogP contribution in [0.15, 0.2) is 39.3 Å². The van der Waals surface area contributed by atoms with Crippen molar-refractivity contribution in [2.75, 3.05) is 0 Å². The first-order valence-corrected chi connectivity index (χ1v) is 6.35. The maximum atomic E-state index is 4.33. The molecule has 0 unspecified atom stereocenters. The van der Waals surface area contributed by atoms with Crippen LogP contribution < -0.4 is 0 Å². The highest BCUT2D eigenvalue weighted by Gasteiger charge is 2.05. The molecule has 0 radical (unpaired) electrons. The number of nitrogens with zero attached hydrogens (tertiary/aromatic N) is 3. The van der Waals surface area contributed by atoms with Crippen molar-refractivity contribution in [3.05, 3.63) is 40.3 Å². The van der Waals surface area contributed by atoms with Crippen molar-refractivity contribution in [2.45, 2.75) is 24.0 Å². The molecule has 0 aliphatic heterocycles. The fourth-order valence-corrected chi connectivity index (χ4v) is 2.31. The van der Waals surface area contributed by atoms with Crippen molar-refractivity contribution in [2.24, 2.45) is 0 Å². The molecule has 2 rings (SSSR count). The van der Waals surface area contributed by atoms with Crippen LogP contribution in [0.2, 0.25) is 0 Å². The molecule has 0 amide bonds. The average Bonchev–Trinajstić information content (AvgIpc) is 2.25. The Morgan fingerprint density at radius 1 is 1.06 bits per heavy atom. The molecule has 2 aromatic heterocycles. The van der Waals surface area contributed by atoms with E-state index < -0.39 is 0 Å². The van der Waals surface area contributed by atoms with Crippen molar-refractivity contribution < 1.29 is 0 Å². The lowest BCUT2D eigenvalue weighted by Gasteiger charge is -2.03. The number of halogens is 1. The van der Waals surface area contributed by atoms with E-state index in [4.69, 9.17) is 0 Å². The minimum atomic E-state index is 0.725. The molecule has 16 heavy (non-hydrogen) atoms. The van der Waals surface area contributed by atoms with Crippen molar-refractivity contribution in [3.63, 3.8) is 0 Å². The summed E-state index contributed by atoms with van der Waals surface area (Å²) >= 11 is 4.87. The van der Waals surface area contributed by atoms with Crippen LogP contribution in [0.1, 0.15) is 11.1 Å². The summed E-state index contributed by atoms with van der Waals surface area (Å²) < 4.78 is 0.985. The van der Waals surface area contributed by atoms with Crippen LogP contribution in [0.3, 0.4) is 0 Å². The second-order valence-electron chi connectivity index (χ2n) is 3.42. The van der Waals surface area contributed by atoms with Gasteiger partial charge in [-0.25, -0.2) is 15.0 Å². The van der Waals surface area contributed by atoms with Crippen LogP contribution in [-0.2, 0) is 0 Å². The minimum Gasteiger partial charge on any atom is -0.248 e. The molecule has 0 spiro atoms. The molecule has 0 N–H and O–H groups in total. The van der Waals surface area contributed by atoms with Gasteiger partial charge in [-0.1, -0.05) is 0 Å². The lowest BCUT2D eigenvalue weighted by atomic mass is 10.3. The monoisotopic (exact) mass is 295 g/mol. The van der Waals surface area contributed by atoms with E-state index in [1.54, 1.807) is 6.20 Å². The summed E-state index contributed by atoms with van der Waals surface area (Å²) in [5.74, 6) is 0. The maximum absolute atomic E-state index is 4.33. The molecule has 0 saturated carbocycles. The van der Waals surface area contributed by atoms with Crippen molar-refractivity contribution in [1.82, 2.24) is 15.0 Å². The Morgan fingerprint density at radius 2 is 1.75 bits per heavy atom. The Morgan fingerprint density at radius 3 is 2.38 bits per heavy atom. The molecule has 0 fully saturated rings. The van der Waals surface area contributed by atoms with E-state index in [1.165, 1.54) is 11.8 Å². The number of hydrogen-bond donors (Lipinski definition) is 0. The summed E-state index contributed by atoms with van der Waals surface area (Å²) in [5.41, 5.74) is 2.17. The Bertz CT molecular complexity index is 499. The molecule has 82 valence electrons. The van der Waals surface area contributed by atoms with Crippen LogP contribution in [0.5, 0.6) is 0 Å². The highest BCUT2D eigenvalue weighted by Crippen LogP contribution is 2.26. The second kappa shape index (κ2) is 4.93. The number of aromatic nitrogens is 3. The number of aryl methyl sites for hydroxylation is 2. The third-order valence-corrected chi connectivity index (χ3v) is 3.39. The highest BCUT2D eigenvalue weighted by atomic mass is 79.9. The molecule has 0 aromatic carbocycles. The van der Waals surface area contributed by atoms with Gasteiger partial charge in [0, 0.05) is 23.1 Å². The average molecular weight is 296 g/mol. The van der Waals surface area contributed by atoms with E-state index in [9.17, 15) is 0 Å². The lowest BCUT2D eigenvalue weighted by molar-refractivity contribution is 0.941. The maximum Gasteiger partial charge on any atom is 0.193 e. The quantitative estimate of drug-likeness (QED) is 0.796. The molecule has 3 nitrogen and oxygen atoms in total. The van der Waals surface area contributed by atoms with Gasteiger partial charge in [0.25, 0.3) is 0 Å². The number of pyridine rings is 1. The molecule has 0 bridgehead atoms. The van der Waals surface area contributed by atoms with Gasteiger partial charge in [-0.05, 0) is 58.7 Å². The Labute approximate surface area is 107 Å². The fraction of sp³-hybridized carbons (Fsp3) is 0.182. The number of rotatable bonds is 2. The largest absolute Gasteiger partial charge is 0.248 e. The molecule has 0 atom stereocenters. The Balaban J connectivity index is 2.23. The summed E-state index contributed by atoms with van der Waals surface area (Å²) in [6, 6.07) is 2.03. The van der Waals surface area contributed by atoms with Gasteiger partial charge in [-0.3, -0.25) is 0 Å². The number of hydrogen-bond acceptors (Lipinski definition) is 4. The van der Waals surface area contributed by atoms with Gasteiger partial charge >= 0.3 is 0 Å². The first-order chi connectivity index (χ1) is 7.65. The first kappa shape index (κ1) is 11.5. The van der Waals surface area contributed by atoms with Gasteiger partial charge in [0.05, 0.1) is 0 Å². The van der Waals surface area contributed by atoms with Crippen LogP contribution >= 0.6 is 27.7 Å². The summed E-state index contributed by atoms with van der Waals surface area (Å²) in [4.78, 5) is 12.8. The van der Waals surface area contributed by atoms with Crippen LogP contribution in [0.4, 0.5) is 0 Å². The van der Waals surface area contributed by atoms with E-state index in [2.05, 4.69) is 30.9 Å². The molecule has 5 heteroatoms. The van der Waals surface area contributed by atoms with E-state index in [-0.39, 0.29) is 0 Å². The minimum absolute atomic E-state index is 0.725. The summed E-state index contributed by atoms with van der Waals surface area (Å²) in [6.45, 7) is 3.99. The smallest absolute Gasteiger partial charge is 0.193 e. The SMILES string of the molecule is Cc1cnc(Sc2ncc(Br)cc2C)nc1. The molecular weight excluding hydrogens is 286 g/mol. The van der Waals surface area contributed by atoms with E-state index in [0.717, 1.165) is 25.8 Å². The highest BCUT2D eigenvalue weighted by molar-refractivity contribution is 9.10. The standard InChI is InChI=1S/C11H10BrN3S/c1-7-4-14-11(15-5-7)16-10-8(2)3-9(12)6-13-10/h3-6H,1-2H3. The van der Waals surface area contributed by atoms with Gasteiger partial charge in [0.1, 0.15) is 5.03 Å². The fourth-order valence-electron chi connectivity index (χ4n) is 1.15. The molecular formula is C11H10BrN3S.